The monoisotopic (exact) mass is 324 g/mol. The number of hydrogen-bond donors (Lipinski definition) is 2. The third-order valence-electron chi connectivity index (χ3n) is 3.07. The molecule has 0 aliphatic rings. The smallest absolute Gasteiger partial charge is 0.249 e. The van der Waals surface area contributed by atoms with E-state index in [0.29, 0.717) is 11.3 Å². The summed E-state index contributed by atoms with van der Waals surface area (Å²) in [7, 11) is 0. The van der Waals surface area contributed by atoms with E-state index in [1.54, 1.807) is 24.3 Å². The fourth-order valence-corrected chi connectivity index (χ4v) is 1.97. The van der Waals surface area contributed by atoms with Crippen LogP contribution in [0.3, 0.4) is 0 Å². The van der Waals surface area contributed by atoms with Crippen molar-refractivity contribution in [2.45, 2.75) is 0 Å². The second-order valence-corrected chi connectivity index (χ2v) is 4.67. The maximum absolute atomic E-state index is 13.7. The predicted octanol–water partition coefficient (Wildman–Crippen LogP) is 3.51. The van der Waals surface area contributed by atoms with Crippen molar-refractivity contribution in [3.8, 4) is 6.07 Å². The number of para-hydroxylation sites is 2. The van der Waals surface area contributed by atoms with Gasteiger partial charge in [0.2, 0.25) is 5.95 Å². The van der Waals surface area contributed by atoms with Crippen LogP contribution in [0.4, 0.5) is 31.9 Å². The van der Waals surface area contributed by atoms with Crippen molar-refractivity contribution in [2.24, 2.45) is 0 Å². The number of rotatable bonds is 4. The van der Waals surface area contributed by atoms with Crippen molar-refractivity contribution < 1.29 is 8.78 Å². The van der Waals surface area contributed by atoms with Crippen LogP contribution in [-0.4, -0.2) is 15.2 Å². The second kappa shape index (κ2) is 6.66. The number of anilines is 4. The van der Waals surface area contributed by atoms with E-state index in [0.717, 1.165) is 12.1 Å². The standard InChI is InChI=1S/C16H10F2N6/c17-11-5-3-6-12(18)15(11)23-16-22-14(9-20-24-16)21-13-7-2-1-4-10(13)8-19/h1-7,9H,(H2,21,22,23,24). The van der Waals surface area contributed by atoms with E-state index in [2.05, 4.69) is 25.8 Å². The zero-order valence-corrected chi connectivity index (χ0v) is 12.2. The Labute approximate surface area is 135 Å². The van der Waals surface area contributed by atoms with Crippen LogP contribution in [0, 0.1) is 23.0 Å². The van der Waals surface area contributed by atoms with Crippen LogP contribution < -0.4 is 10.6 Å². The van der Waals surface area contributed by atoms with E-state index in [1.165, 1.54) is 12.3 Å². The third kappa shape index (κ3) is 3.25. The molecule has 0 aliphatic heterocycles. The van der Waals surface area contributed by atoms with Gasteiger partial charge in [-0.2, -0.15) is 15.3 Å². The van der Waals surface area contributed by atoms with Gasteiger partial charge in [-0.15, -0.1) is 5.10 Å². The maximum Gasteiger partial charge on any atom is 0.249 e. The van der Waals surface area contributed by atoms with Gasteiger partial charge in [0, 0.05) is 0 Å². The second-order valence-electron chi connectivity index (χ2n) is 4.67. The van der Waals surface area contributed by atoms with E-state index in [-0.39, 0.29) is 17.5 Å². The third-order valence-corrected chi connectivity index (χ3v) is 3.07. The van der Waals surface area contributed by atoms with Gasteiger partial charge >= 0.3 is 0 Å². The molecule has 0 saturated heterocycles. The lowest BCUT2D eigenvalue weighted by atomic mass is 10.2. The summed E-state index contributed by atoms with van der Waals surface area (Å²) in [5.74, 6) is -1.36. The molecule has 0 spiro atoms. The molecule has 0 amide bonds. The number of nitrogens with zero attached hydrogens (tertiary/aromatic N) is 4. The van der Waals surface area contributed by atoms with Crippen molar-refractivity contribution in [3.05, 3.63) is 65.9 Å². The lowest BCUT2D eigenvalue weighted by Gasteiger charge is -2.09. The average Bonchev–Trinajstić information content (AvgIpc) is 2.59. The molecule has 0 fully saturated rings. The van der Waals surface area contributed by atoms with Crippen molar-refractivity contribution in [1.82, 2.24) is 15.2 Å². The molecule has 0 unspecified atom stereocenters. The molecule has 3 aromatic rings. The SMILES string of the molecule is N#Cc1ccccc1Nc1cnnc(Nc2c(F)cccc2F)n1. The van der Waals surface area contributed by atoms with Crippen molar-refractivity contribution >= 4 is 23.1 Å². The number of nitriles is 1. The zero-order valence-electron chi connectivity index (χ0n) is 12.2. The van der Waals surface area contributed by atoms with Gasteiger partial charge in [0.1, 0.15) is 23.4 Å². The minimum Gasteiger partial charge on any atom is -0.338 e. The predicted molar refractivity (Wildman–Crippen MR) is 83.9 cm³/mol. The molecule has 1 heterocycles. The highest BCUT2D eigenvalue weighted by molar-refractivity contribution is 5.65. The molecular formula is C16H10F2N6. The quantitative estimate of drug-likeness (QED) is 0.764. The van der Waals surface area contributed by atoms with Gasteiger partial charge in [-0.3, -0.25) is 0 Å². The lowest BCUT2D eigenvalue weighted by molar-refractivity contribution is 0.590. The molecule has 8 heteroatoms. The van der Waals surface area contributed by atoms with Gasteiger partial charge in [-0.1, -0.05) is 18.2 Å². The molecule has 6 nitrogen and oxygen atoms in total. The summed E-state index contributed by atoms with van der Waals surface area (Å²) in [4.78, 5) is 4.08. The fraction of sp³-hybridized carbons (Fsp3) is 0. The van der Waals surface area contributed by atoms with Gasteiger partial charge < -0.3 is 10.6 Å². The van der Waals surface area contributed by atoms with Gasteiger partial charge in [0.25, 0.3) is 0 Å². The topological polar surface area (TPSA) is 86.5 Å². The number of benzene rings is 2. The molecule has 0 aliphatic carbocycles. The molecule has 2 N–H and O–H groups in total. The van der Waals surface area contributed by atoms with Gasteiger partial charge in [0.15, 0.2) is 5.82 Å². The number of aromatic nitrogens is 3. The normalized spacial score (nSPS) is 10.0. The van der Waals surface area contributed by atoms with Crippen LogP contribution in [0.2, 0.25) is 0 Å². The number of hydrogen-bond acceptors (Lipinski definition) is 6. The molecule has 0 saturated carbocycles. The summed E-state index contributed by atoms with van der Waals surface area (Å²) >= 11 is 0. The minimum absolute atomic E-state index is 0.0848. The van der Waals surface area contributed by atoms with Crippen LogP contribution in [0.5, 0.6) is 0 Å². The first kappa shape index (κ1) is 15.3. The molecule has 0 atom stereocenters. The van der Waals surface area contributed by atoms with Gasteiger partial charge in [0.05, 0.1) is 17.4 Å². The Hall–Kier alpha value is -3.60. The lowest BCUT2D eigenvalue weighted by Crippen LogP contribution is -2.05. The summed E-state index contributed by atoms with van der Waals surface area (Å²) in [6.45, 7) is 0. The van der Waals surface area contributed by atoms with Crippen molar-refractivity contribution in [2.75, 3.05) is 10.6 Å². The summed E-state index contributed by atoms with van der Waals surface area (Å²) < 4.78 is 27.3. The number of nitrogens with one attached hydrogen (secondary N) is 2. The highest BCUT2D eigenvalue weighted by Crippen LogP contribution is 2.22. The first-order valence-electron chi connectivity index (χ1n) is 6.84. The van der Waals surface area contributed by atoms with Crippen LogP contribution in [0.25, 0.3) is 0 Å². The first-order chi connectivity index (χ1) is 11.7. The van der Waals surface area contributed by atoms with Gasteiger partial charge in [-0.25, -0.2) is 8.78 Å². The highest BCUT2D eigenvalue weighted by Gasteiger charge is 2.11. The van der Waals surface area contributed by atoms with E-state index in [9.17, 15) is 8.78 Å². The van der Waals surface area contributed by atoms with Crippen LogP contribution in [0.15, 0.2) is 48.7 Å². The Morgan fingerprint density at radius 3 is 2.46 bits per heavy atom. The Bertz CT molecular complexity index is 902. The van der Waals surface area contributed by atoms with Crippen LogP contribution in [-0.2, 0) is 0 Å². The van der Waals surface area contributed by atoms with Crippen molar-refractivity contribution in [1.29, 1.82) is 5.26 Å². The van der Waals surface area contributed by atoms with E-state index in [4.69, 9.17) is 5.26 Å². The van der Waals surface area contributed by atoms with Crippen LogP contribution in [0.1, 0.15) is 5.56 Å². The zero-order chi connectivity index (χ0) is 16.9. The van der Waals surface area contributed by atoms with Crippen LogP contribution >= 0.6 is 0 Å². The highest BCUT2D eigenvalue weighted by atomic mass is 19.1. The van der Waals surface area contributed by atoms with Crippen molar-refractivity contribution in [3.63, 3.8) is 0 Å². The Kier molecular flexibility index (Phi) is 4.25. The van der Waals surface area contributed by atoms with E-state index in [1.807, 2.05) is 6.07 Å². The first-order valence-corrected chi connectivity index (χ1v) is 6.84. The molecule has 3 rings (SSSR count). The Morgan fingerprint density at radius 1 is 0.958 bits per heavy atom. The molecule has 0 radical (unpaired) electrons. The number of halogens is 2. The summed E-state index contributed by atoms with van der Waals surface area (Å²) in [6.07, 6.45) is 1.33. The molecular weight excluding hydrogens is 314 g/mol. The average molecular weight is 324 g/mol. The largest absolute Gasteiger partial charge is 0.338 e. The van der Waals surface area contributed by atoms with Gasteiger partial charge in [-0.05, 0) is 24.3 Å². The summed E-state index contributed by atoms with van der Waals surface area (Å²) in [5, 5.41) is 21.9. The maximum atomic E-state index is 13.7. The molecule has 118 valence electrons. The minimum atomic E-state index is -0.771. The molecule has 1 aromatic heterocycles. The molecule has 24 heavy (non-hydrogen) atoms. The van der Waals surface area contributed by atoms with E-state index >= 15 is 0 Å². The Balaban J connectivity index is 1.86. The van der Waals surface area contributed by atoms with E-state index < -0.39 is 11.6 Å². The molecule has 0 bridgehead atoms. The molecule has 2 aromatic carbocycles. The summed E-state index contributed by atoms with van der Waals surface area (Å²) in [6, 6.07) is 12.4. The summed E-state index contributed by atoms with van der Waals surface area (Å²) in [5.41, 5.74) is 0.586. The fourth-order valence-electron chi connectivity index (χ4n) is 1.97. The Morgan fingerprint density at radius 2 is 1.71 bits per heavy atom.